The highest BCUT2D eigenvalue weighted by molar-refractivity contribution is 6.01. The van der Waals surface area contributed by atoms with Crippen molar-refractivity contribution in [2.24, 2.45) is 0 Å². The Kier molecular flexibility index (Phi) is 7.38. The van der Waals surface area contributed by atoms with Crippen LogP contribution in [0.4, 0.5) is 0 Å². The fourth-order valence-corrected chi connectivity index (χ4v) is 2.96. The molecule has 0 bridgehead atoms. The molecule has 8 nitrogen and oxygen atoms in total. The molecule has 8 heteroatoms. The molecular weight excluding hydrogens is 388 g/mol. The van der Waals surface area contributed by atoms with E-state index in [-0.39, 0.29) is 11.3 Å². The van der Waals surface area contributed by atoms with E-state index in [1.54, 1.807) is 24.3 Å². The van der Waals surface area contributed by atoms with Crippen LogP contribution in [0.25, 0.3) is 16.1 Å². The van der Waals surface area contributed by atoms with E-state index >= 15 is 0 Å². The fraction of sp³-hybridized carbons (Fsp3) is 0.273. The van der Waals surface area contributed by atoms with Gasteiger partial charge < -0.3 is 28.4 Å². The van der Waals surface area contributed by atoms with E-state index in [1.807, 2.05) is 0 Å². The van der Waals surface area contributed by atoms with Gasteiger partial charge in [-0.25, -0.2) is 4.85 Å². The Morgan fingerprint density at radius 3 is 1.33 bits per heavy atom. The van der Waals surface area contributed by atoms with Crippen LogP contribution in [0.1, 0.15) is 11.1 Å². The van der Waals surface area contributed by atoms with Crippen LogP contribution in [0.3, 0.4) is 0 Å². The first-order valence-electron chi connectivity index (χ1n) is 8.65. The van der Waals surface area contributed by atoms with Crippen molar-refractivity contribution in [2.75, 3.05) is 42.7 Å². The molecule has 0 aliphatic carbocycles. The molecule has 2 aromatic carbocycles. The highest BCUT2D eigenvalue weighted by atomic mass is 16.5. The minimum Gasteiger partial charge on any atom is -0.493 e. The summed E-state index contributed by atoms with van der Waals surface area (Å²) >= 11 is 0. The number of allylic oxidation sites excluding steroid dienone is 1. The Morgan fingerprint density at radius 1 is 0.700 bits per heavy atom. The Labute approximate surface area is 175 Å². The molecule has 0 spiro atoms. The number of hydrogen-bond acceptors (Lipinski definition) is 7. The first-order chi connectivity index (χ1) is 14.5. The maximum Gasteiger partial charge on any atom is 0.212 e. The molecule has 0 saturated carbocycles. The van der Waals surface area contributed by atoms with Gasteiger partial charge in [-0.2, -0.15) is 5.26 Å². The van der Waals surface area contributed by atoms with Crippen LogP contribution in [-0.2, 0) is 0 Å². The first-order valence-corrected chi connectivity index (χ1v) is 8.65. The van der Waals surface area contributed by atoms with Gasteiger partial charge in [0.05, 0.1) is 60.9 Å². The lowest BCUT2D eigenvalue weighted by Gasteiger charge is -2.16. The number of nitrogens with zero attached hydrogens (tertiary/aromatic N) is 2. The molecule has 0 fully saturated rings. The monoisotopic (exact) mass is 410 g/mol. The van der Waals surface area contributed by atoms with E-state index in [1.165, 1.54) is 42.7 Å². The molecule has 2 aromatic rings. The number of methoxy groups -OCH3 is 6. The van der Waals surface area contributed by atoms with Crippen LogP contribution in [0.5, 0.6) is 34.5 Å². The van der Waals surface area contributed by atoms with Crippen LogP contribution in [0.2, 0.25) is 0 Å². The molecule has 0 unspecified atom stereocenters. The summed E-state index contributed by atoms with van der Waals surface area (Å²) in [5, 5.41) is 9.90. The first kappa shape index (κ1) is 22.3. The summed E-state index contributed by atoms with van der Waals surface area (Å²) in [7, 11) is 8.89. The zero-order chi connectivity index (χ0) is 22.3. The third kappa shape index (κ3) is 4.03. The summed E-state index contributed by atoms with van der Waals surface area (Å²) < 4.78 is 32.1. The summed E-state index contributed by atoms with van der Waals surface area (Å²) in [6.07, 6.45) is 0. The molecule has 0 radical (unpaired) electrons. The molecule has 0 aliphatic heterocycles. The second-order valence-corrected chi connectivity index (χ2v) is 5.78. The normalized spacial score (nSPS) is 10.8. The topological polar surface area (TPSA) is 83.5 Å². The van der Waals surface area contributed by atoms with Gasteiger partial charge in [0.2, 0.25) is 17.2 Å². The number of ether oxygens (including phenoxy) is 6. The molecule has 0 atom stereocenters. The molecule has 0 aromatic heterocycles. The Hall–Kier alpha value is -4.04. The maximum absolute atomic E-state index is 9.90. The second-order valence-electron chi connectivity index (χ2n) is 5.78. The summed E-state index contributed by atoms with van der Waals surface area (Å²) in [6.45, 7) is 7.73. The van der Waals surface area contributed by atoms with Crippen molar-refractivity contribution in [3.05, 3.63) is 46.8 Å². The Balaban J connectivity index is 2.83. The van der Waals surface area contributed by atoms with Crippen molar-refractivity contribution in [2.45, 2.75) is 0 Å². The lowest BCUT2D eigenvalue weighted by atomic mass is 9.99. The van der Waals surface area contributed by atoms with Gasteiger partial charge in [-0.3, -0.25) is 0 Å². The summed E-state index contributed by atoms with van der Waals surface area (Å²) in [6, 6.07) is 8.57. The van der Waals surface area contributed by atoms with Gasteiger partial charge in [-0.05, 0) is 35.4 Å². The van der Waals surface area contributed by atoms with Crippen LogP contribution in [0.15, 0.2) is 24.3 Å². The van der Waals surface area contributed by atoms with Gasteiger partial charge >= 0.3 is 0 Å². The van der Waals surface area contributed by atoms with E-state index in [2.05, 4.69) is 10.9 Å². The minimum absolute atomic E-state index is 0.103. The smallest absolute Gasteiger partial charge is 0.212 e. The van der Waals surface area contributed by atoms with Crippen molar-refractivity contribution in [1.29, 1.82) is 5.26 Å². The predicted octanol–water partition coefficient (Wildman–Crippen LogP) is 4.05. The molecule has 0 N–H and O–H groups in total. The van der Waals surface area contributed by atoms with Crippen LogP contribution in [-0.4, -0.2) is 42.7 Å². The largest absolute Gasteiger partial charge is 0.493 e. The summed E-state index contributed by atoms with van der Waals surface area (Å²) in [5.41, 5.74) is 1.10. The van der Waals surface area contributed by atoms with E-state index in [9.17, 15) is 5.26 Å². The molecule has 156 valence electrons. The van der Waals surface area contributed by atoms with Crippen molar-refractivity contribution in [1.82, 2.24) is 0 Å². The standard InChI is InChI=1S/C22H22N2O6/c1-24-20(14-10-18(27-4)22(30-7)19(11-14)28-5)15(12-23)13-8-16(25-2)21(29-6)17(9-13)26-3/h8-11H,2-7H3. The molecule has 2 rings (SSSR count). The average molecular weight is 410 g/mol. The number of benzene rings is 2. The van der Waals surface area contributed by atoms with Gasteiger partial charge in [0.15, 0.2) is 23.0 Å². The molecule has 0 saturated heterocycles. The molecular formula is C22H22N2O6. The van der Waals surface area contributed by atoms with Crippen molar-refractivity contribution in [3.63, 3.8) is 0 Å². The van der Waals surface area contributed by atoms with Gasteiger partial charge in [-0.1, -0.05) is 0 Å². The quantitative estimate of drug-likeness (QED) is 0.369. The van der Waals surface area contributed by atoms with Crippen LogP contribution in [0, 0.1) is 17.9 Å². The third-order valence-corrected chi connectivity index (χ3v) is 4.35. The van der Waals surface area contributed by atoms with E-state index in [0.717, 1.165) is 0 Å². The van der Waals surface area contributed by atoms with E-state index in [4.69, 9.17) is 35.0 Å². The highest BCUT2D eigenvalue weighted by Gasteiger charge is 2.21. The zero-order valence-electron chi connectivity index (χ0n) is 17.7. The maximum atomic E-state index is 9.90. The lowest BCUT2D eigenvalue weighted by molar-refractivity contribution is 0.324. The SMILES string of the molecule is [C-]#[N+]C(=C(C#N)c1cc(OC)c(OC)c(OC)c1)c1cc(OC)c(OC)c(OC)c1. The molecule has 30 heavy (non-hydrogen) atoms. The fourth-order valence-electron chi connectivity index (χ4n) is 2.96. The number of rotatable bonds is 8. The average Bonchev–Trinajstić information content (AvgIpc) is 2.80. The summed E-state index contributed by atoms with van der Waals surface area (Å²) in [4.78, 5) is 3.61. The van der Waals surface area contributed by atoms with Gasteiger partial charge in [-0.15, -0.1) is 0 Å². The van der Waals surface area contributed by atoms with E-state index < -0.39 is 0 Å². The number of nitriles is 1. The Bertz CT molecular complexity index is 913. The van der Waals surface area contributed by atoms with Crippen LogP contribution >= 0.6 is 0 Å². The van der Waals surface area contributed by atoms with Gasteiger partial charge in [0.25, 0.3) is 0 Å². The molecule has 0 aliphatic rings. The molecule has 0 amide bonds. The predicted molar refractivity (Wildman–Crippen MR) is 111 cm³/mol. The Morgan fingerprint density at radius 2 is 1.07 bits per heavy atom. The minimum atomic E-state index is 0.103. The van der Waals surface area contributed by atoms with Crippen LogP contribution < -0.4 is 28.4 Å². The van der Waals surface area contributed by atoms with Gasteiger partial charge in [0.1, 0.15) is 0 Å². The van der Waals surface area contributed by atoms with Crippen molar-refractivity contribution >= 4 is 11.3 Å². The zero-order valence-corrected chi connectivity index (χ0v) is 17.7. The molecule has 0 heterocycles. The lowest BCUT2D eigenvalue weighted by Crippen LogP contribution is -1.99. The number of hydrogen-bond donors (Lipinski definition) is 0. The van der Waals surface area contributed by atoms with Gasteiger partial charge in [0, 0.05) is 0 Å². The van der Waals surface area contributed by atoms with E-state index in [0.29, 0.717) is 45.6 Å². The highest BCUT2D eigenvalue weighted by Crippen LogP contribution is 2.44. The second kappa shape index (κ2) is 9.94. The summed E-state index contributed by atoms with van der Waals surface area (Å²) in [5.74, 6) is 2.26. The van der Waals surface area contributed by atoms with Crippen molar-refractivity contribution < 1.29 is 28.4 Å². The van der Waals surface area contributed by atoms with Crippen molar-refractivity contribution in [3.8, 4) is 40.6 Å². The third-order valence-electron chi connectivity index (χ3n) is 4.35.